The molecule has 0 spiro atoms. The molecule has 28 heavy (non-hydrogen) atoms. The molecule has 1 heterocycles. The van der Waals surface area contributed by atoms with Gasteiger partial charge in [0.05, 0.1) is 12.7 Å². The van der Waals surface area contributed by atoms with Crippen LogP contribution in [-0.2, 0) is 12.0 Å². The van der Waals surface area contributed by atoms with Crippen LogP contribution in [0, 0.1) is 0 Å². The number of thiazole rings is 1. The molecule has 0 saturated carbocycles. The summed E-state index contributed by atoms with van der Waals surface area (Å²) >= 11 is 12.9. The van der Waals surface area contributed by atoms with Gasteiger partial charge in [0.1, 0.15) is 10.7 Å². The minimum absolute atomic E-state index is 0.0236. The fourth-order valence-corrected chi connectivity index (χ4v) is 3.98. The lowest BCUT2D eigenvalue weighted by Crippen LogP contribution is -2.18. The van der Waals surface area contributed by atoms with Crippen LogP contribution in [-0.4, -0.2) is 22.8 Å². The molecule has 2 rings (SSSR count). The zero-order valence-corrected chi connectivity index (χ0v) is 18.5. The van der Waals surface area contributed by atoms with Gasteiger partial charge in [-0.3, -0.25) is 0 Å². The van der Waals surface area contributed by atoms with Crippen LogP contribution in [0.15, 0.2) is 29.4 Å². The van der Waals surface area contributed by atoms with Gasteiger partial charge in [0.25, 0.3) is 0 Å². The van der Waals surface area contributed by atoms with Gasteiger partial charge >= 0.3 is 6.18 Å². The minimum atomic E-state index is -4.18. The number of aromatic nitrogens is 1. The van der Waals surface area contributed by atoms with E-state index in [1.54, 1.807) is 22.8 Å². The molecule has 3 nitrogen and oxygen atoms in total. The lowest BCUT2D eigenvalue weighted by atomic mass is 9.95. The van der Waals surface area contributed by atoms with E-state index in [4.69, 9.17) is 28.6 Å². The Balaban J connectivity index is 2.43. The zero-order chi connectivity index (χ0) is 21.1. The van der Waals surface area contributed by atoms with Crippen molar-refractivity contribution in [1.82, 2.24) is 4.57 Å². The van der Waals surface area contributed by atoms with Crippen LogP contribution in [0.2, 0.25) is 5.02 Å². The Morgan fingerprint density at radius 1 is 1.29 bits per heavy atom. The van der Waals surface area contributed by atoms with Crippen LogP contribution in [0.5, 0.6) is 5.75 Å². The number of rotatable bonds is 5. The first kappa shape index (κ1) is 22.9. The van der Waals surface area contributed by atoms with E-state index in [-0.39, 0.29) is 23.4 Å². The molecule has 0 unspecified atom stereocenters. The summed E-state index contributed by atoms with van der Waals surface area (Å²) < 4.78 is 44.6. The van der Waals surface area contributed by atoms with E-state index in [1.165, 1.54) is 18.4 Å². The van der Waals surface area contributed by atoms with E-state index in [1.807, 2.05) is 27.0 Å². The van der Waals surface area contributed by atoms with Crippen molar-refractivity contribution in [3.05, 3.63) is 44.7 Å². The molecule has 2 aromatic rings. The number of aryl methyl sites for hydroxylation is 1. The lowest BCUT2D eigenvalue weighted by Gasteiger charge is -2.14. The Hall–Kier alpha value is -1.38. The van der Waals surface area contributed by atoms with Crippen molar-refractivity contribution < 1.29 is 17.9 Å². The van der Waals surface area contributed by atoms with Crippen molar-refractivity contribution in [3.63, 3.8) is 0 Å². The topological polar surface area (TPSA) is 26.5 Å². The predicted molar refractivity (Wildman–Crippen MR) is 112 cm³/mol. The number of alkyl halides is 3. The smallest absolute Gasteiger partial charge is 0.389 e. The molecule has 0 N–H and O–H groups in total. The highest BCUT2D eigenvalue weighted by atomic mass is 35.5. The van der Waals surface area contributed by atoms with E-state index in [2.05, 4.69) is 4.99 Å². The summed E-state index contributed by atoms with van der Waals surface area (Å²) in [6, 6.07) is 5.05. The second-order valence-corrected chi connectivity index (χ2v) is 9.13. The molecule has 0 fully saturated rings. The van der Waals surface area contributed by atoms with Gasteiger partial charge in [0.2, 0.25) is 0 Å². The third-order valence-electron chi connectivity index (χ3n) is 3.91. The number of thiocarbonyl (C=S) groups is 1. The quantitative estimate of drug-likeness (QED) is 0.512. The van der Waals surface area contributed by atoms with Crippen molar-refractivity contribution in [2.24, 2.45) is 4.99 Å². The molecule has 0 saturated heterocycles. The molecule has 1 aromatic carbocycles. The largest absolute Gasteiger partial charge is 0.496 e. The van der Waals surface area contributed by atoms with Crippen molar-refractivity contribution in [2.45, 2.75) is 51.7 Å². The van der Waals surface area contributed by atoms with Crippen molar-refractivity contribution in [3.8, 4) is 5.75 Å². The highest BCUT2D eigenvalue weighted by Gasteiger charge is 2.26. The molecule has 1 aromatic heterocycles. The Morgan fingerprint density at radius 3 is 2.54 bits per heavy atom. The first-order chi connectivity index (χ1) is 12.9. The monoisotopic (exact) mass is 450 g/mol. The molecule has 0 bridgehead atoms. The van der Waals surface area contributed by atoms with Gasteiger partial charge in [-0.1, -0.05) is 44.6 Å². The Morgan fingerprint density at radius 2 is 1.96 bits per heavy atom. The summed E-state index contributed by atoms with van der Waals surface area (Å²) in [5, 5.41) is 0.493. The second kappa shape index (κ2) is 8.97. The third kappa shape index (κ3) is 6.32. The van der Waals surface area contributed by atoms with Gasteiger partial charge in [-0.15, -0.1) is 11.3 Å². The molecule has 0 aliphatic carbocycles. The molecule has 0 aliphatic heterocycles. The zero-order valence-electron chi connectivity index (χ0n) is 16.1. The normalized spacial score (nSPS) is 13.1. The number of methoxy groups -OCH3 is 1. The molecule has 154 valence electrons. The van der Waals surface area contributed by atoms with Crippen molar-refractivity contribution in [2.75, 3.05) is 7.11 Å². The van der Waals surface area contributed by atoms with Crippen molar-refractivity contribution >= 4 is 40.1 Å². The average Bonchev–Trinajstić information content (AvgIpc) is 2.96. The van der Waals surface area contributed by atoms with E-state index >= 15 is 0 Å². The number of halogens is 4. The van der Waals surface area contributed by atoms with E-state index in [9.17, 15) is 13.2 Å². The summed E-state index contributed by atoms with van der Waals surface area (Å²) in [7, 11) is 1.52. The summed E-state index contributed by atoms with van der Waals surface area (Å²) in [5.74, 6) is 0.536. The van der Waals surface area contributed by atoms with Gasteiger partial charge in [-0.05, 0) is 30.0 Å². The SMILES string of the molecule is COc1ccc(Cl)cc1C(=S)/N=c1\sc(C(C)(C)C)cn1CCCC(F)(F)F. The Kier molecular flexibility index (Phi) is 7.33. The van der Waals surface area contributed by atoms with Crippen LogP contribution >= 0.6 is 35.2 Å². The first-order valence-electron chi connectivity index (χ1n) is 8.61. The molecule has 0 aliphatic rings. The fraction of sp³-hybridized carbons (Fsp3) is 0.474. The fourth-order valence-electron chi connectivity index (χ4n) is 2.42. The molecule has 0 atom stereocenters. The Bertz CT molecular complexity index is 911. The summed E-state index contributed by atoms with van der Waals surface area (Å²) in [5.41, 5.74) is 0.414. The molecular formula is C19H22ClF3N2OS2. The highest BCUT2D eigenvalue weighted by molar-refractivity contribution is 7.80. The molecule has 0 amide bonds. The van der Waals surface area contributed by atoms with Gasteiger partial charge in [-0.2, -0.15) is 13.2 Å². The van der Waals surface area contributed by atoms with Crippen LogP contribution < -0.4 is 9.54 Å². The summed E-state index contributed by atoms with van der Waals surface area (Å²) in [6.07, 6.45) is -3.18. The van der Waals surface area contributed by atoms with Crippen LogP contribution in [0.3, 0.4) is 0 Å². The van der Waals surface area contributed by atoms with E-state index in [0.29, 0.717) is 21.1 Å². The maximum atomic E-state index is 12.5. The number of nitrogens with zero attached hydrogens (tertiary/aromatic N) is 2. The Labute approximate surface area is 176 Å². The third-order valence-corrected chi connectivity index (χ3v) is 5.90. The maximum Gasteiger partial charge on any atom is 0.389 e. The van der Waals surface area contributed by atoms with E-state index in [0.717, 1.165) is 4.88 Å². The van der Waals surface area contributed by atoms with Crippen LogP contribution in [0.4, 0.5) is 13.2 Å². The van der Waals surface area contributed by atoms with Gasteiger partial charge < -0.3 is 9.30 Å². The maximum absolute atomic E-state index is 12.5. The number of ether oxygens (including phenoxy) is 1. The predicted octanol–water partition coefficient (Wildman–Crippen LogP) is 6.13. The number of hydrogen-bond donors (Lipinski definition) is 0. The molecular weight excluding hydrogens is 429 g/mol. The number of benzene rings is 1. The first-order valence-corrected chi connectivity index (χ1v) is 10.2. The minimum Gasteiger partial charge on any atom is -0.496 e. The molecule has 0 radical (unpaired) electrons. The van der Waals surface area contributed by atoms with Crippen molar-refractivity contribution in [1.29, 1.82) is 0 Å². The standard InChI is InChI=1S/C19H22ClF3N2OS2/c1-18(2,3)15-11-25(9-5-8-19(21,22)23)17(28-15)24-16(27)13-10-12(20)6-7-14(13)26-4/h6-7,10-11H,5,8-9H2,1-4H3/b24-17-. The highest BCUT2D eigenvalue weighted by Crippen LogP contribution is 2.27. The van der Waals surface area contributed by atoms with Gasteiger partial charge in [0.15, 0.2) is 4.80 Å². The van der Waals surface area contributed by atoms with Crippen LogP contribution in [0.25, 0.3) is 0 Å². The average molecular weight is 451 g/mol. The summed E-state index contributed by atoms with van der Waals surface area (Å²) in [4.78, 5) is 6.36. The van der Waals surface area contributed by atoms with Gasteiger partial charge in [0, 0.05) is 29.1 Å². The second-order valence-electron chi connectivity index (χ2n) is 7.30. The van der Waals surface area contributed by atoms with Gasteiger partial charge in [-0.25, -0.2) is 4.99 Å². The van der Waals surface area contributed by atoms with Crippen LogP contribution in [0.1, 0.15) is 44.1 Å². The summed E-state index contributed by atoms with van der Waals surface area (Å²) in [6.45, 7) is 6.34. The lowest BCUT2D eigenvalue weighted by molar-refractivity contribution is -0.135. The van der Waals surface area contributed by atoms with E-state index < -0.39 is 12.6 Å². The molecule has 9 heteroatoms. The number of hydrogen-bond acceptors (Lipinski definition) is 3.